The van der Waals surface area contributed by atoms with Gasteiger partial charge in [0, 0.05) is 25.4 Å². The van der Waals surface area contributed by atoms with Crippen molar-refractivity contribution >= 4 is 5.95 Å². The maximum atomic E-state index is 12.4. The first-order chi connectivity index (χ1) is 10.6. The van der Waals surface area contributed by atoms with Gasteiger partial charge in [0.15, 0.2) is 0 Å². The van der Waals surface area contributed by atoms with Gasteiger partial charge >= 0.3 is 6.36 Å². The summed E-state index contributed by atoms with van der Waals surface area (Å²) in [6, 6.07) is 3.29. The van der Waals surface area contributed by atoms with Gasteiger partial charge in [-0.05, 0) is 37.6 Å². The van der Waals surface area contributed by atoms with E-state index in [-0.39, 0.29) is 11.3 Å². The number of benzene rings is 1. The second-order valence-corrected chi connectivity index (χ2v) is 5.20. The summed E-state index contributed by atoms with van der Waals surface area (Å²) in [6.07, 6.45) is -4.81. The highest BCUT2D eigenvalue weighted by Gasteiger charge is 2.31. The van der Waals surface area contributed by atoms with E-state index in [4.69, 9.17) is 0 Å². The number of anilines is 1. The molecule has 0 saturated carbocycles. The molecule has 124 valence electrons. The molecular formula is C15H16F3N3O2. The fraction of sp³-hybridized carbons (Fsp3) is 0.333. The van der Waals surface area contributed by atoms with Crippen LogP contribution in [0.2, 0.25) is 0 Å². The van der Waals surface area contributed by atoms with Crippen LogP contribution in [0.3, 0.4) is 0 Å². The summed E-state index contributed by atoms with van der Waals surface area (Å²) >= 11 is 0. The normalized spacial score (nSPS) is 11.4. The van der Waals surface area contributed by atoms with E-state index in [1.165, 1.54) is 0 Å². The highest BCUT2D eigenvalue weighted by Crippen LogP contribution is 2.36. The average molecular weight is 327 g/mol. The summed E-state index contributed by atoms with van der Waals surface area (Å²) in [5.41, 5.74) is 1.83. The highest BCUT2D eigenvalue weighted by atomic mass is 19.4. The number of hydrogen-bond donors (Lipinski definition) is 1. The molecule has 1 aromatic carbocycles. The van der Waals surface area contributed by atoms with E-state index in [1.54, 1.807) is 32.8 Å². The average Bonchev–Trinajstić information content (AvgIpc) is 2.42. The van der Waals surface area contributed by atoms with Crippen molar-refractivity contribution in [3.8, 4) is 22.8 Å². The van der Waals surface area contributed by atoms with Crippen LogP contribution >= 0.6 is 0 Å². The number of phenolic OH excluding ortho intramolecular Hbond substituents is 1. The molecule has 8 heteroatoms. The molecular weight excluding hydrogens is 311 g/mol. The van der Waals surface area contributed by atoms with E-state index < -0.39 is 12.1 Å². The first-order valence-corrected chi connectivity index (χ1v) is 6.70. The zero-order chi connectivity index (χ0) is 17.4. The third-order valence-corrected chi connectivity index (χ3v) is 3.23. The van der Waals surface area contributed by atoms with Crippen molar-refractivity contribution in [1.29, 1.82) is 0 Å². The second kappa shape index (κ2) is 5.94. The van der Waals surface area contributed by atoms with Crippen LogP contribution < -0.4 is 9.64 Å². The molecule has 0 aliphatic carbocycles. The van der Waals surface area contributed by atoms with Crippen molar-refractivity contribution < 1.29 is 23.0 Å². The second-order valence-electron chi connectivity index (χ2n) is 5.20. The smallest absolute Gasteiger partial charge is 0.507 e. The van der Waals surface area contributed by atoms with Gasteiger partial charge in [-0.1, -0.05) is 0 Å². The molecule has 0 fully saturated rings. The Hall–Kier alpha value is -2.51. The summed E-state index contributed by atoms with van der Waals surface area (Å²) in [7, 11) is 3.49. The third kappa shape index (κ3) is 3.82. The van der Waals surface area contributed by atoms with Gasteiger partial charge in [-0.2, -0.15) is 0 Å². The Bertz CT molecular complexity index is 731. The minimum absolute atomic E-state index is 0.151. The molecule has 0 saturated heterocycles. The number of alkyl halides is 3. The number of halogens is 3. The van der Waals surface area contributed by atoms with E-state index in [2.05, 4.69) is 14.7 Å². The van der Waals surface area contributed by atoms with Crippen LogP contribution in [0.4, 0.5) is 19.1 Å². The summed E-state index contributed by atoms with van der Waals surface area (Å²) < 4.78 is 41.0. The fourth-order valence-corrected chi connectivity index (χ4v) is 1.98. The lowest BCUT2D eigenvalue weighted by atomic mass is 10.0. The van der Waals surface area contributed by atoms with E-state index in [9.17, 15) is 18.3 Å². The summed E-state index contributed by atoms with van der Waals surface area (Å²) in [5.74, 6) is -0.220. The summed E-state index contributed by atoms with van der Waals surface area (Å²) in [4.78, 5) is 10.3. The molecule has 0 unspecified atom stereocenters. The first-order valence-electron chi connectivity index (χ1n) is 6.70. The van der Waals surface area contributed by atoms with Gasteiger partial charge < -0.3 is 14.7 Å². The van der Waals surface area contributed by atoms with Crippen molar-refractivity contribution in [2.75, 3.05) is 19.0 Å². The molecule has 2 rings (SSSR count). The van der Waals surface area contributed by atoms with E-state index in [1.807, 2.05) is 0 Å². The maximum Gasteiger partial charge on any atom is 0.573 e. The minimum atomic E-state index is -4.81. The summed E-state index contributed by atoms with van der Waals surface area (Å²) in [6.45, 7) is 3.50. The molecule has 0 amide bonds. The standard InChI is InChI=1S/C15H16F3N3O2/c1-8-9(2)19-14(21(3)4)20-13(8)11-7-10(5-6-12(11)22)23-15(16,17)18/h5-7,22H,1-4H3. The lowest BCUT2D eigenvalue weighted by Crippen LogP contribution is -2.17. The zero-order valence-electron chi connectivity index (χ0n) is 13.1. The highest BCUT2D eigenvalue weighted by molar-refractivity contribution is 5.72. The predicted molar refractivity (Wildman–Crippen MR) is 79.6 cm³/mol. The topological polar surface area (TPSA) is 58.5 Å². The molecule has 23 heavy (non-hydrogen) atoms. The minimum Gasteiger partial charge on any atom is -0.507 e. The van der Waals surface area contributed by atoms with Crippen LogP contribution in [0.25, 0.3) is 11.3 Å². The predicted octanol–water partition coefficient (Wildman–Crippen LogP) is 3.43. The van der Waals surface area contributed by atoms with Crippen molar-refractivity contribution in [3.63, 3.8) is 0 Å². The molecule has 1 aromatic heterocycles. The molecule has 0 radical (unpaired) electrons. The number of aromatic hydroxyl groups is 1. The number of phenols is 1. The lowest BCUT2D eigenvalue weighted by molar-refractivity contribution is -0.274. The fourth-order valence-electron chi connectivity index (χ4n) is 1.98. The Kier molecular flexibility index (Phi) is 4.35. The van der Waals surface area contributed by atoms with Gasteiger partial charge in [-0.15, -0.1) is 13.2 Å². The molecule has 0 atom stereocenters. The number of aryl methyl sites for hydroxylation is 1. The first kappa shape index (κ1) is 16.9. The largest absolute Gasteiger partial charge is 0.573 e. The number of aromatic nitrogens is 2. The molecule has 1 heterocycles. The van der Waals surface area contributed by atoms with E-state index >= 15 is 0 Å². The Morgan fingerprint density at radius 2 is 1.78 bits per heavy atom. The Morgan fingerprint density at radius 3 is 2.35 bits per heavy atom. The van der Waals surface area contributed by atoms with Crippen LogP contribution in [-0.2, 0) is 0 Å². The molecule has 0 aliphatic rings. The number of rotatable bonds is 3. The van der Waals surface area contributed by atoms with Gasteiger partial charge in [0.1, 0.15) is 11.5 Å². The molecule has 2 aromatic rings. The lowest BCUT2D eigenvalue weighted by Gasteiger charge is -2.16. The summed E-state index contributed by atoms with van der Waals surface area (Å²) in [5, 5.41) is 10.0. The van der Waals surface area contributed by atoms with Gasteiger partial charge in [0.25, 0.3) is 0 Å². The van der Waals surface area contributed by atoms with Crippen LogP contribution in [0.15, 0.2) is 18.2 Å². The van der Waals surface area contributed by atoms with Crippen molar-refractivity contribution in [2.24, 2.45) is 0 Å². The molecule has 5 nitrogen and oxygen atoms in total. The van der Waals surface area contributed by atoms with Crippen LogP contribution in [0.5, 0.6) is 11.5 Å². The SMILES string of the molecule is Cc1nc(N(C)C)nc(-c2cc(OC(F)(F)F)ccc2O)c1C. The number of ether oxygens (including phenoxy) is 1. The van der Waals surface area contributed by atoms with Gasteiger partial charge in [0.05, 0.1) is 5.69 Å². The van der Waals surface area contributed by atoms with Crippen LogP contribution in [0, 0.1) is 13.8 Å². The third-order valence-electron chi connectivity index (χ3n) is 3.23. The number of hydrogen-bond acceptors (Lipinski definition) is 5. The van der Waals surface area contributed by atoms with Gasteiger partial charge in [-0.3, -0.25) is 0 Å². The van der Waals surface area contributed by atoms with E-state index in [0.29, 0.717) is 22.9 Å². The van der Waals surface area contributed by atoms with Crippen LogP contribution in [0.1, 0.15) is 11.3 Å². The Morgan fingerprint density at radius 1 is 1.13 bits per heavy atom. The Balaban J connectivity index is 2.59. The quantitative estimate of drug-likeness (QED) is 0.936. The monoisotopic (exact) mass is 327 g/mol. The van der Waals surface area contributed by atoms with Crippen molar-refractivity contribution in [1.82, 2.24) is 9.97 Å². The number of nitrogens with zero attached hydrogens (tertiary/aromatic N) is 3. The zero-order valence-corrected chi connectivity index (χ0v) is 13.1. The molecule has 1 N–H and O–H groups in total. The van der Waals surface area contributed by atoms with Gasteiger partial charge in [0.2, 0.25) is 5.95 Å². The molecule has 0 bridgehead atoms. The maximum absolute atomic E-state index is 12.4. The van der Waals surface area contributed by atoms with Crippen molar-refractivity contribution in [3.05, 3.63) is 29.5 Å². The van der Waals surface area contributed by atoms with Gasteiger partial charge in [-0.25, -0.2) is 9.97 Å². The van der Waals surface area contributed by atoms with Crippen LogP contribution in [-0.4, -0.2) is 35.5 Å². The van der Waals surface area contributed by atoms with E-state index in [0.717, 1.165) is 18.2 Å². The molecule has 0 spiro atoms. The van der Waals surface area contributed by atoms with Crippen molar-refractivity contribution in [2.45, 2.75) is 20.2 Å². The molecule has 0 aliphatic heterocycles. The Labute approximate surface area is 131 Å².